The number of urea groups is 1. The molecule has 2 amide bonds. The van der Waals surface area contributed by atoms with Gasteiger partial charge in [-0.25, -0.2) is 4.79 Å². The average Bonchev–Trinajstić information content (AvgIpc) is 2.72. The third-order valence-corrected chi connectivity index (χ3v) is 3.98. The molecule has 2 rings (SSSR count). The summed E-state index contributed by atoms with van der Waals surface area (Å²) in [6, 6.07) is 0.145. The monoisotopic (exact) mass is 239 g/mol. The van der Waals surface area contributed by atoms with E-state index in [1.807, 2.05) is 4.90 Å². The van der Waals surface area contributed by atoms with Crippen LogP contribution in [0.5, 0.6) is 0 Å². The van der Waals surface area contributed by atoms with Crippen LogP contribution in [0, 0.1) is 11.8 Å². The van der Waals surface area contributed by atoms with Crippen molar-refractivity contribution in [3.8, 4) is 0 Å². The number of nitrogens with zero attached hydrogens (tertiary/aromatic N) is 2. The van der Waals surface area contributed by atoms with E-state index < -0.39 is 0 Å². The van der Waals surface area contributed by atoms with Crippen LogP contribution >= 0.6 is 0 Å². The maximum atomic E-state index is 12.0. The van der Waals surface area contributed by atoms with Gasteiger partial charge in [0.1, 0.15) is 0 Å². The van der Waals surface area contributed by atoms with Crippen LogP contribution in [-0.4, -0.2) is 55.6 Å². The lowest BCUT2D eigenvalue weighted by atomic mass is 10.0. The van der Waals surface area contributed by atoms with Crippen molar-refractivity contribution in [3.05, 3.63) is 0 Å². The summed E-state index contributed by atoms with van der Waals surface area (Å²) >= 11 is 0. The highest BCUT2D eigenvalue weighted by Crippen LogP contribution is 2.16. The minimum atomic E-state index is 0.145. The van der Waals surface area contributed by atoms with Gasteiger partial charge in [-0.2, -0.15) is 0 Å². The second-order valence-electron chi connectivity index (χ2n) is 5.80. The minimum absolute atomic E-state index is 0.145. The number of likely N-dealkylation sites (tertiary alicyclic amines) is 2. The molecule has 0 spiro atoms. The van der Waals surface area contributed by atoms with Crippen molar-refractivity contribution in [1.29, 1.82) is 0 Å². The quantitative estimate of drug-likeness (QED) is 0.790. The van der Waals surface area contributed by atoms with E-state index >= 15 is 0 Å². The molecule has 2 atom stereocenters. The lowest BCUT2D eigenvalue weighted by Gasteiger charge is -2.31. The zero-order valence-corrected chi connectivity index (χ0v) is 11.1. The van der Waals surface area contributed by atoms with E-state index in [4.69, 9.17) is 0 Å². The number of carbonyl (C=O) groups is 1. The van der Waals surface area contributed by atoms with Crippen LogP contribution in [0.4, 0.5) is 4.79 Å². The van der Waals surface area contributed by atoms with Gasteiger partial charge in [-0.15, -0.1) is 0 Å². The van der Waals surface area contributed by atoms with Crippen LogP contribution in [0.3, 0.4) is 0 Å². The highest BCUT2D eigenvalue weighted by atomic mass is 16.2. The van der Waals surface area contributed by atoms with Crippen molar-refractivity contribution < 1.29 is 4.79 Å². The normalized spacial score (nSPS) is 30.6. The fourth-order valence-corrected chi connectivity index (χ4v) is 2.91. The summed E-state index contributed by atoms with van der Waals surface area (Å²) in [6.45, 7) is 7.22. The van der Waals surface area contributed by atoms with Gasteiger partial charge in [0.25, 0.3) is 0 Å². The first kappa shape index (κ1) is 12.7. The number of hydrogen-bond donors (Lipinski definition) is 1. The van der Waals surface area contributed by atoms with Crippen LogP contribution in [-0.2, 0) is 0 Å². The standard InChI is InChI=1S/C13H25N3O/c1-11-4-3-6-16(9-11)13(17)14-8-12-5-7-15(2)10-12/h11-12H,3-10H2,1-2H3,(H,14,17). The van der Waals surface area contributed by atoms with Crippen molar-refractivity contribution in [2.75, 3.05) is 39.8 Å². The molecular weight excluding hydrogens is 214 g/mol. The van der Waals surface area contributed by atoms with Gasteiger partial charge < -0.3 is 15.1 Å². The predicted octanol–water partition coefficient (Wildman–Crippen LogP) is 1.38. The summed E-state index contributed by atoms with van der Waals surface area (Å²) in [5.74, 6) is 1.30. The van der Waals surface area contributed by atoms with Crippen LogP contribution in [0.2, 0.25) is 0 Å². The van der Waals surface area contributed by atoms with Gasteiger partial charge >= 0.3 is 6.03 Å². The number of rotatable bonds is 2. The predicted molar refractivity (Wildman–Crippen MR) is 69.0 cm³/mol. The molecule has 2 aliphatic rings. The maximum Gasteiger partial charge on any atom is 0.317 e. The van der Waals surface area contributed by atoms with Crippen LogP contribution in [0.1, 0.15) is 26.2 Å². The molecule has 0 aromatic heterocycles. The zero-order chi connectivity index (χ0) is 12.3. The van der Waals surface area contributed by atoms with E-state index in [9.17, 15) is 4.79 Å². The molecule has 4 heteroatoms. The van der Waals surface area contributed by atoms with Gasteiger partial charge in [0.15, 0.2) is 0 Å². The van der Waals surface area contributed by atoms with E-state index in [1.54, 1.807) is 0 Å². The van der Waals surface area contributed by atoms with E-state index in [0.717, 1.165) is 32.6 Å². The molecule has 0 radical (unpaired) electrons. The average molecular weight is 239 g/mol. The van der Waals surface area contributed by atoms with Gasteiger partial charge in [0, 0.05) is 26.2 Å². The zero-order valence-electron chi connectivity index (χ0n) is 11.1. The molecule has 17 heavy (non-hydrogen) atoms. The molecule has 0 aromatic rings. The van der Waals surface area contributed by atoms with Gasteiger partial charge in [-0.3, -0.25) is 0 Å². The molecule has 2 fully saturated rings. The lowest BCUT2D eigenvalue weighted by Crippen LogP contribution is -2.46. The summed E-state index contributed by atoms with van der Waals surface area (Å²) in [6.07, 6.45) is 3.63. The molecule has 2 saturated heterocycles. The van der Waals surface area contributed by atoms with E-state index in [0.29, 0.717) is 11.8 Å². The first-order chi connectivity index (χ1) is 8.15. The molecule has 2 unspecified atom stereocenters. The lowest BCUT2D eigenvalue weighted by molar-refractivity contribution is 0.168. The van der Waals surface area contributed by atoms with Crippen LogP contribution in [0.25, 0.3) is 0 Å². The first-order valence-corrected chi connectivity index (χ1v) is 6.86. The number of carbonyl (C=O) groups excluding carboxylic acids is 1. The molecule has 1 N–H and O–H groups in total. The SMILES string of the molecule is CC1CCCN(C(=O)NCC2CCN(C)C2)C1. The summed E-state index contributed by atoms with van der Waals surface area (Å²) in [5, 5.41) is 3.10. The molecule has 0 aliphatic carbocycles. The van der Waals surface area contributed by atoms with Gasteiger partial charge in [-0.1, -0.05) is 6.92 Å². The van der Waals surface area contributed by atoms with Gasteiger partial charge in [0.05, 0.1) is 0 Å². The van der Waals surface area contributed by atoms with Gasteiger partial charge in [-0.05, 0) is 44.7 Å². The Bertz CT molecular complexity index is 269. The van der Waals surface area contributed by atoms with Gasteiger partial charge in [0.2, 0.25) is 0 Å². The first-order valence-electron chi connectivity index (χ1n) is 6.86. The van der Waals surface area contributed by atoms with Crippen LogP contribution in [0.15, 0.2) is 0 Å². The van der Waals surface area contributed by atoms with Crippen molar-refractivity contribution in [2.24, 2.45) is 11.8 Å². The van der Waals surface area contributed by atoms with Crippen molar-refractivity contribution in [1.82, 2.24) is 15.1 Å². The highest BCUT2D eigenvalue weighted by molar-refractivity contribution is 5.74. The Morgan fingerprint density at radius 3 is 2.76 bits per heavy atom. The molecule has 2 aliphatic heterocycles. The fourth-order valence-electron chi connectivity index (χ4n) is 2.91. The topological polar surface area (TPSA) is 35.6 Å². The number of piperidine rings is 1. The molecular formula is C13H25N3O. The molecule has 0 aromatic carbocycles. The molecule has 0 saturated carbocycles. The van der Waals surface area contributed by atoms with E-state index in [-0.39, 0.29) is 6.03 Å². The van der Waals surface area contributed by atoms with Crippen molar-refractivity contribution >= 4 is 6.03 Å². The fraction of sp³-hybridized carbons (Fsp3) is 0.923. The smallest absolute Gasteiger partial charge is 0.317 e. The summed E-state index contributed by atoms with van der Waals surface area (Å²) < 4.78 is 0. The summed E-state index contributed by atoms with van der Waals surface area (Å²) in [5.41, 5.74) is 0. The second-order valence-corrected chi connectivity index (χ2v) is 5.80. The number of amides is 2. The van der Waals surface area contributed by atoms with Crippen molar-refractivity contribution in [3.63, 3.8) is 0 Å². The third kappa shape index (κ3) is 3.60. The third-order valence-electron chi connectivity index (χ3n) is 3.98. The molecule has 0 bridgehead atoms. The number of hydrogen-bond acceptors (Lipinski definition) is 2. The Morgan fingerprint density at radius 1 is 1.29 bits per heavy atom. The largest absolute Gasteiger partial charge is 0.338 e. The Balaban J connectivity index is 1.69. The van der Waals surface area contributed by atoms with E-state index in [2.05, 4.69) is 24.2 Å². The summed E-state index contributed by atoms with van der Waals surface area (Å²) in [7, 11) is 2.15. The van der Waals surface area contributed by atoms with Crippen LogP contribution < -0.4 is 5.32 Å². The minimum Gasteiger partial charge on any atom is -0.338 e. The molecule has 4 nitrogen and oxygen atoms in total. The van der Waals surface area contributed by atoms with E-state index in [1.165, 1.54) is 19.4 Å². The Morgan fingerprint density at radius 2 is 2.12 bits per heavy atom. The number of nitrogens with one attached hydrogen (secondary N) is 1. The summed E-state index contributed by atoms with van der Waals surface area (Å²) in [4.78, 5) is 16.3. The second kappa shape index (κ2) is 5.71. The maximum absolute atomic E-state index is 12.0. The Labute approximate surface area is 104 Å². The Hall–Kier alpha value is -0.770. The Kier molecular flexibility index (Phi) is 4.26. The molecule has 2 heterocycles. The van der Waals surface area contributed by atoms with Crippen molar-refractivity contribution in [2.45, 2.75) is 26.2 Å². The molecule has 98 valence electrons. The highest BCUT2D eigenvalue weighted by Gasteiger charge is 2.23.